The van der Waals surface area contributed by atoms with E-state index in [2.05, 4.69) is 36.1 Å². The van der Waals surface area contributed by atoms with Crippen molar-refractivity contribution in [3.05, 3.63) is 98.5 Å². The second-order valence-corrected chi connectivity index (χ2v) is 8.60. The van der Waals surface area contributed by atoms with Gasteiger partial charge >= 0.3 is 0 Å². The number of fused-ring (bicyclic) bond motifs is 3. The second kappa shape index (κ2) is 8.08. The zero-order valence-corrected chi connectivity index (χ0v) is 18.5. The first-order chi connectivity index (χ1) is 15.4. The predicted molar refractivity (Wildman–Crippen MR) is 121 cm³/mol. The summed E-state index contributed by atoms with van der Waals surface area (Å²) in [6, 6.07) is 14.6. The van der Waals surface area contributed by atoms with Crippen LogP contribution in [0.25, 0.3) is 6.08 Å². The third-order valence-electron chi connectivity index (χ3n) is 5.79. The molecule has 0 aromatic heterocycles. The van der Waals surface area contributed by atoms with Gasteiger partial charge < -0.3 is 9.47 Å². The number of hydrogen-bond acceptors (Lipinski definition) is 4. The molecule has 0 saturated heterocycles. The van der Waals surface area contributed by atoms with Crippen LogP contribution in [0, 0.1) is 19.7 Å². The maximum absolute atomic E-state index is 14.3. The quantitative estimate of drug-likeness (QED) is 0.455. The minimum atomic E-state index is -0.510. The van der Waals surface area contributed by atoms with E-state index in [0.717, 1.165) is 11.1 Å². The van der Waals surface area contributed by atoms with Gasteiger partial charge in [-0.1, -0.05) is 47.5 Å². The number of allylic oxidation sites excluding steroid dienone is 1. The lowest BCUT2D eigenvalue weighted by atomic mass is 9.98. The van der Waals surface area contributed by atoms with Gasteiger partial charge in [-0.15, -0.1) is 0 Å². The first-order valence-corrected chi connectivity index (χ1v) is 10.7. The highest BCUT2D eigenvalue weighted by Gasteiger charge is 2.35. The average Bonchev–Trinajstić information content (AvgIpc) is 3.10. The number of ketones is 1. The largest absolute Gasteiger partial charge is 0.478 e. The molecule has 0 spiro atoms. The first kappa shape index (κ1) is 20.7. The van der Waals surface area contributed by atoms with Gasteiger partial charge in [0.1, 0.15) is 24.0 Å². The summed E-state index contributed by atoms with van der Waals surface area (Å²) in [5.74, 6) is 0.454. The van der Waals surface area contributed by atoms with Crippen molar-refractivity contribution in [2.45, 2.75) is 26.9 Å². The Hall–Kier alpha value is -3.15. The van der Waals surface area contributed by atoms with Gasteiger partial charge in [-0.25, -0.2) is 4.39 Å². The van der Waals surface area contributed by atoms with Crippen molar-refractivity contribution in [1.29, 1.82) is 0 Å². The molecule has 0 unspecified atom stereocenters. The van der Waals surface area contributed by atoms with Crippen LogP contribution in [0.1, 0.15) is 38.2 Å². The minimum Gasteiger partial charge on any atom is -0.478 e. The van der Waals surface area contributed by atoms with E-state index in [1.165, 1.54) is 29.3 Å². The van der Waals surface area contributed by atoms with Crippen molar-refractivity contribution in [3.63, 3.8) is 0 Å². The van der Waals surface area contributed by atoms with Crippen LogP contribution < -0.4 is 9.47 Å². The summed E-state index contributed by atoms with van der Waals surface area (Å²) in [4.78, 5) is 15.3. The number of halogens is 2. The van der Waals surface area contributed by atoms with Gasteiger partial charge in [0, 0.05) is 18.7 Å². The van der Waals surface area contributed by atoms with Gasteiger partial charge in [0.2, 0.25) is 5.78 Å². The Kier molecular flexibility index (Phi) is 5.24. The summed E-state index contributed by atoms with van der Waals surface area (Å²) in [6.07, 6.45) is 1.37. The SMILES string of the molecule is Cc1ccc(CN2COc3cc(C)c4c(c3C2)O/C(=C\c2c(F)cccc2Cl)C4=O)cc1. The van der Waals surface area contributed by atoms with Crippen molar-refractivity contribution in [3.8, 4) is 11.5 Å². The summed E-state index contributed by atoms with van der Waals surface area (Å²) in [5.41, 5.74) is 4.60. The molecule has 32 heavy (non-hydrogen) atoms. The maximum atomic E-state index is 14.3. The third kappa shape index (κ3) is 3.68. The van der Waals surface area contributed by atoms with E-state index in [1.54, 1.807) is 6.07 Å². The Balaban J connectivity index is 1.48. The van der Waals surface area contributed by atoms with Crippen LogP contribution in [0.15, 0.2) is 54.3 Å². The zero-order valence-electron chi connectivity index (χ0n) is 17.7. The number of aryl methyl sites for hydroxylation is 2. The van der Waals surface area contributed by atoms with E-state index < -0.39 is 5.82 Å². The molecule has 2 heterocycles. The Bertz CT molecular complexity index is 1250. The molecule has 162 valence electrons. The van der Waals surface area contributed by atoms with E-state index in [0.29, 0.717) is 36.9 Å². The number of Topliss-reactive ketones (excluding diaryl/α,β-unsaturated/α-hetero) is 1. The fraction of sp³-hybridized carbons (Fsp3) is 0.192. The molecular weight excluding hydrogens is 429 g/mol. The Morgan fingerprint density at radius 2 is 1.94 bits per heavy atom. The smallest absolute Gasteiger partial charge is 0.232 e. The van der Waals surface area contributed by atoms with Gasteiger partial charge in [-0.3, -0.25) is 9.69 Å². The van der Waals surface area contributed by atoms with Crippen LogP contribution in [0.3, 0.4) is 0 Å². The molecule has 0 radical (unpaired) electrons. The molecule has 6 heteroatoms. The summed E-state index contributed by atoms with van der Waals surface area (Å²) >= 11 is 6.14. The molecule has 2 aliphatic rings. The number of rotatable bonds is 3. The fourth-order valence-corrected chi connectivity index (χ4v) is 4.33. The van der Waals surface area contributed by atoms with Gasteiger partial charge in [0.25, 0.3) is 0 Å². The van der Waals surface area contributed by atoms with Crippen LogP contribution in [-0.2, 0) is 13.1 Å². The summed E-state index contributed by atoms with van der Waals surface area (Å²) in [6.45, 7) is 5.64. The average molecular weight is 450 g/mol. The molecule has 0 aliphatic carbocycles. The minimum absolute atomic E-state index is 0.0548. The molecule has 0 amide bonds. The van der Waals surface area contributed by atoms with Crippen LogP contribution in [0.2, 0.25) is 5.02 Å². The molecular formula is C26H21ClFNO3. The summed E-state index contributed by atoms with van der Waals surface area (Å²) in [7, 11) is 0. The molecule has 0 atom stereocenters. The molecule has 2 aliphatic heterocycles. The van der Waals surface area contributed by atoms with Crippen molar-refractivity contribution in [2.24, 2.45) is 0 Å². The van der Waals surface area contributed by atoms with E-state index in [-0.39, 0.29) is 22.1 Å². The van der Waals surface area contributed by atoms with Crippen molar-refractivity contribution in [2.75, 3.05) is 6.73 Å². The van der Waals surface area contributed by atoms with E-state index in [1.807, 2.05) is 13.0 Å². The Morgan fingerprint density at radius 3 is 2.69 bits per heavy atom. The monoisotopic (exact) mass is 449 g/mol. The number of ether oxygens (including phenoxy) is 2. The van der Waals surface area contributed by atoms with Crippen molar-refractivity contribution in [1.82, 2.24) is 4.90 Å². The number of nitrogens with zero attached hydrogens (tertiary/aromatic N) is 1. The lowest BCUT2D eigenvalue weighted by molar-refractivity contribution is 0.0872. The highest BCUT2D eigenvalue weighted by Crippen LogP contribution is 2.44. The van der Waals surface area contributed by atoms with E-state index in [9.17, 15) is 9.18 Å². The molecule has 5 rings (SSSR count). The van der Waals surface area contributed by atoms with E-state index >= 15 is 0 Å². The molecule has 0 N–H and O–H groups in total. The highest BCUT2D eigenvalue weighted by atomic mass is 35.5. The van der Waals surface area contributed by atoms with Crippen LogP contribution in [-0.4, -0.2) is 17.4 Å². The van der Waals surface area contributed by atoms with Crippen LogP contribution in [0.4, 0.5) is 4.39 Å². The van der Waals surface area contributed by atoms with Crippen molar-refractivity contribution < 1.29 is 18.7 Å². The van der Waals surface area contributed by atoms with Crippen molar-refractivity contribution >= 4 is 23.5 Å². The molecule has 3 aromatic rings. The Morgan fingerprint density at radius 1 is 1.16 bits per heavy atom. The molecule has 0 saturated carbocycles. The van der Waals surface area contributed by atoms with Gasteiger partial charge in [0.05, 0.1) is 16.1 Å². The van der Waals surface area contributed by atoms with Gasteiger partial charge in [-0.2, -0.15) is 0 Å². The first-order valence-electron chi connectivity index (χ1n) is 10.4. The molecule has 0 fully saturated rings. The standard InChI is InChI=1S/C26H21ClFNO3/c1-15-6-8-17(9-7-15)12-29-13-19-22(31-14-29)10-16(2)24-25(30)23(32-26(19)24)11-18-20(27)4-3-5-21(18)28/h3-11H,12-14H2,1-2H3/b23-11-. The highest BCUT2D eigenvalue weighted by molar-refractivity contribution is 6.32. The predicted octanol–water partition coefficient (Wildman–Crippen LogP) is 6.06. The fourth-order valence-electron chi connectivity index (χ4n) is 4.11. The molecule has 4 nitrogen and oxygen atoms in total. The normalized spacial score (nSPS) is 16.5. The topological polar surface area (TPSA) is 38.8 Å². The van der Waals surface area contributed by atoms with Gasteiger partial charge in [-0.05, 0) is 49.2 Å². The van der Waals surface area contributed by atoms with Crippen LogP contribution in [0.5, 0.6) is 11.5 Å². The van der Waals surface area contributed by atoms with Crippen LogP contribution >= 0.6 is 11.6 Å². The maximum Gasteiger partial charge on any atom is 0.232 e. The van der Waals surface area contributed by atoms with Gasteiger partial charge in [0.15, 0.2) is 5.76 Å². The number of carbonyl (C=O) groups excluding carboxylic acids is 1. The lowest BCUT2D eigenvalue weighted by Crippen LogP contribution is -2.31. The van der Waals surface area contributed by atoms with E-state index in [4.69, 9.17) is 21.1 Å². The third-order valence-corrected chi connectivity index (χ3v) is 6.12. The zero-order chi connectivity index (χ0) is 22.4. The number of carbonyl (C=O) groups is 1. The molecule has 3 aromatic carbocycles. The number of benzene rings is 3. The second-order valence-electron chi connectivity index (χ2n) is 8.20. The summed E-state index contributed by atoms with van der Waals surface area (Å²) in [5, 5.41) is 0.219. The lowest BCUT2D eigenvalue weighted by Gasteiger charge is -2.30. The summed E-state index contributed by atoms with van der Waals surface area (Å²) < 4.78 is 26.3. The number of hydrogen-bond donors (Lipinski definition) is 0. The molecule has 0 bridgehead atoms. The Labute approximate surface area is 190 Å².